The maximum atomic E-state index is 10.5. The fraction of sp³-hybridized carbons (Fsp3) is 0. The highest BCUT2D eigenvalue weighted by molar-refractivity contribution is 5.73. The molecule has 0 bridgehead atoms. The van der Waals surface area contributed by atoms with Crippen molar-refractivity contribution >= 4 is 6.29 Å². The maximum absolute atomic E-state index is 10.5. The van der Waals surface area contributed by atoms with Gasteiger partial charge in [0.05, 0.1) is 11.9 Å². The van der Waals surface area contributed by atoms with Crippen LogP contribution < -0.4 is 5.56 Å². The SMILES string of the molecule is O=Cc1cnc[nH]c1=O. The van der Waals surface area contributed by atoms with Crippen LogP contribution in [0, 0.1) is 0 Å². The predicted molar refractivity (Wildman–Crippen MR) is 30.2 cm³/mol. The first-order valence-electron chi connectivity index (χ1n) is 2.32. The van der Waals surface area contributed by atoms with Crippen LogP contribution >= 0.6 is 0 Å². The molecular weight excluding hydrogens is 120 g/mol. The largest absolute Gasteiger partial charge is 0.313 e. The van der Waals surface area contributed by atoms with E-state index in [2.05, 4.69) is 9.97 Å². The molecule has 0 fully saturated rings. The van der Waals surface area contributed by atoms with Crippen LogP contribution in [0.25, 0.3) is 0 Å². The highest BCUT2D eigenvalue weighted by Crippen LogP contribution is 1.75. The molecule has 0 radical (unpaired) electrons. The fourth-order valence-electron chi connectivity index (χ4n) is 0.439. The van der Waals surface area contributed by atoms with E-state index in [9.17, 15) is 9.59 Å². The van der Waals surface area contributed by atoms with Crippen molar-refractivity contribution in [1.29, 1.82) is 0 Å². The molecule has 1 aromatic heterocycles. The van der Waals surface area contributed by atoms with Crippen LogP contribution in [-0.2, 0) is 0 Å². The number of nitrogens with zero attached hydrogens (tertiary/aromatic N) is 1. The number of hydrogen-bond donors (Lipinski definition) is 1. The fourth-order valence-corrected chi connectivity index (χ4v) is 0.439. The lowest BCUT2D eigenvalue weighted by Crippen LogP contribution is -2.10. The second kappa shape index (κ2) is 2.21. The second-order valence-corrected chi connectivity index (χ2v) is 1.45. The first kappa shape index (κ1) is 5.68. The first-order chi connectivity index (χ1) is 4.34. The minimum absolute atomic E-state index is 0.0532. The van der Waals surface area contributed by atoms with E-state index < -0.39 is 5.56 Å². The molecular formula is C5H4N2O2. The smallest absolute Gasteiger partial charge is 0.261 e. The molecule has 1 heterocycles. The van der Waals surface area contributed by atoms with E-state index in [4.69, 9.17) is 0 Å². The standard InChI is InChI=1S/C5H4N2O2/c8-2-4-1-6-3-7-5(4)9/h1-3H,(H,6,7,9). The van der Waals surface area contributed by atoms with Crippen LogP contribution in [0.5, 0.6) is 0 Å². The Labute approximate surface area is 50.6 Å². The highest BCUT2D eigenvalue weighted by atomic mass is 16.1. The van der Waals surface area contributed by atoms with Crippen molar-refractivity contribution in [3.05, 3.63) is 28.4 Å². The van der Waals surface area contributed by atoms with E-state index in [0.717, 1.165) is 0 Å². The van der Waals surface area contributed by atoms with Crippen LogP contribution in [0.4, 0.5) is 0 Å². The lowest BCUT2D eigenvalue weighted by atomic mass is 10.4. The lowest BCUT2D eigenvalue weighted by molar-refractivity contribution is 0.112. The highest BCUT2D eigenvalue weighted by Gasteiger charge is 1.92. The average molecular weight is 124 g/mol. The summed E-state index contributed by atoms with van der Waals surface area (Å²) in [5, 5.41) is 0. The Balaban J connectivity index is 3.32. The number of carbonyl (C=O) groups is 1. The zero-order valence-corrected chi connectivity index (χ0v) is 4.50. The zero-order chi connectivity index (χ0) is 6.69. The van der Waals surface area contributed by atoms with E-state index in [-0.39, 0.29) is 5.56 Å². The number of aromatic nitrogens is 2. The van der Waals surface area contributed by atoms with Gasteiger partial charge in [-0.15, -0.1) is 0 Å². The van der Waals surface area contributed by atoms with Gasteiger partial charge in [0.25, 0.3) is 5.56 Å². The van der Waals surface area contributed by atoms with E-state index in [1.807, 2.05) is 0 Å². The van der Waals surface area contributed by atoms with Crippen LogP contribution in [0.3, 0.4) is 0 Å². The van der Waals surface area contributed by atoms with Crippen LogP contribution in [-0.4, -0.2) is 16.3 Å². The van der Waals surface area contributed by atoms with Crippen molar-refractivity contribution < 1.29 is 4.79 Å². The molecule has 0 aliphatic heterocycles. The number of rotatable bonds is 1. The van der Waals surface area contributed by atoms with E-state index in [1.54, 1.807) is 0 Å². The second-order valence-electron chi connectivity index (χ2n) is 1.45. The molecule has 0 amide bonds. The van der Waals surface area contributed by atoms with Crippen LogP contribution in [0.1, 0.15) is 10.4 Å². The Hall–Kier alpha value is -1.45. The summed E-state index contributed by atoms with van der Waals surface area (Å²) in [6.45, 7) is 0. The molecule has 4 heteroatoms. The van der Waals surface area contributed by atoms with Crippen LogP contribution in [0.2, 0.25) is 0 Å². The minimum Gasteiger partial charge on any atom is -0.313 e. The van der Waals surface area contributed by atoms with E-state index in [1.165, 1.54) is 12.5 Å². The molecule has 9 heavy (non-hydrogen) atoms. The molecule has 1 rings (SSSR count). The average Bonchev–Trinajstić information content (AvgIpc) is 1.89. The molecule has 46 valence electrons. The number of aldehydes is 1. The Morgan fingerprint density at radius 2 is 2.44 bits per heavy atom. The Bertz CT molecular complexity index is 266. The summed E-state index contributed by atoms with van der Waals surface area (Å²) in [6.07, 6.45) is 2.91. The normalized spacial score (nSPS) is 8.89. The molecule has 0 saturated heterocycles. The molecule has 0 atom stereocenters. The summed E-state index contributed by atoms with van der Waals surface area (Å²) in [6, 6.07) is 0. The number of hydrogen-bond acceptors (Lipinski definition) is 3. The number of carbonyl (C=O) groups excluding carboxylic acids is 1. The number of nitrogens with one attached hydrogen (secondary N) is 1. The number of H-pyrrole nitrogens is 1. The number of aromatic amines is 1. The predicted octanol–water partition coefficient (Wildman–Crippen LogP) is -0.418. The molecule has 0 unspecified atom stereocenters. The zero-order valence-electron chi connectivity index (χ0n) is 4.50. The molecule has 1 N–H and O–H groups in total. The summed E-state index contributed by atoms with van der Waals surface area (Å²) in [5.74, 6) is 0. The van der Waals surface area contributed by atoms with Gasteiger partial charge in [0, 0.05) is 6.20 Å². The van der Waals surface area contributed by atoms with Gasteiger partial charge in [-0.2, -0.15) is 0 Å². The van der Waals surface area contributed by atoms with Gasteiger partial charge in [-0.05, 0) is 0 Å². The summed E-state index contributed by atoms with van der Waals surface area (Å²) in [5.41, 5.74) is -0.350. The minimum atomic E-state index is -0.403. The Kier molecular flexibility index (Phi) is 1.40. The Morgan fingerprint density at radius 1 is 1.67 bits per heavy atom. The van der Waals surface area contributed by atoms with Crippen molar-refractivity contribution in [3.63, 3.8) is 0 Å². The van der Waals surface area contributed by atoms with Crippen molar-refractivity contribution in [3.8, 4) is 0 Å². The maximum Gasteiger partial charge on any atom is 0.261 e. The van der Waals surface area contributed by atoms with Gasteiger partial charge < -0.3 is 4.98 Å². The third-order valence-electron chi connectivity index (χ3n) is 0.873. The van der Waals surface area contributed by atoms with E-state index >= 15 is 0 Å². The van der Waals surface area contributed by atoms with Crippen molar-refractivity contribution in [1.82, 2.24) is 9.97 Å². The summed E-state index contributed by atoms with van der Waals surface area (Å²) in [7, 11) is 0. The summed E-state index contributed by atoms with van der Waals surface area (Å²) in [4.78, 5) is 26.3. The molecule has 1 aromatic rings. The Morgan fingerprint density at radius 3 is 2.89 bits per heavy atom. The van der Waals surface area contributed by atoms with Gasteiger partial charge >= 0.3 is 0 Å². The summed E-state index contributed by atoms with van der Waals surface area (Å²) < 4.78 is 0. The summed E-state index contributed by atoms with van der Waals surface area (Å²) >= 11 is 0. The van der Waals surface area contributed by atoms with E-state index in [0.29, 0.717) is 6.29 Å². The van der Waals surface area contributed by atoms with Crippen molar-refractivity contribution in [2.75, 3.05) is 0 Å². The van der Waals surface area contributed by atoms with Gasteiger partial charge in [-0.3, -0.25) is 9.59 Å². The molecule has 4 nitrogen and oxygen atoms in total. The first-order valence-corrected chi connectivity index (χ1v) is 2.32. The topological polar surface area (TPSA) is 62.8 Å². The molecule has 0 aliphatic rings. The molecule has 0 aliphatic carbocycles. The van der Waals surface area contributed by atoms with Gasteiger partial charge in [0.1, 0.15) is 0 Å². The van der Waals surface area contributed by atoms with Crippen molar-refractivity contribution in [2.45, 2.75) is 0 Å². The van der Waals surface area contributed by atoms with Crippen LogP contribution in [0.15, 0.2) is 17.3 Å². The van der Waals surface area contributed by atoms with Gasteiger partial charge in [-0.1, -0.05) is 0 Å². The molecule has 0 spiro atoms. The monoisotopic (exact) mass is 124 g/mol. The van der Waals surface area contributed by atoms with Gasteiger partial charge in [-0.25, -0.2) is 4.98 Å². The third-order valence-corrected chi connectivity index (χ3v) is 0.873. The van der Waals surface area contributed by atoms with Crippen molar-refractivity contribution in [2.24, 2.45) is 0 Å². The molecule has 0 saturated carbocycles. The lowest BCUT2D eigenvalue weighted by Gasteiger charge is -1.82. The van der Waals surface area contributed by atoms with Gasteiger partial charge in [0.15, 0.2) is 6.29 Å². The van der Waals surface area contributed by atoms with Gasteiger partial charge in [0.2, 0.25) is 0 Å². The molecule has 0 aromatic carbocycles. The quantitative estimate of drug-likeness (QED) is 0.517. The third kappa shape index (κ3) is 1.02.